The molecule has 7 rings (SSSR count). The number of nitrogens with zero attached hydrogens (tertiary/aromatic N) is 9. The maximum absolute atomic E-state index is 13.9. The number of hydrogen-bond donors (Lipinski definition) is 1. The van der Waals surface area contributed by atoms with E-state index in [4.69, 9.17) is 20.7 Å². The van der Waals surface area contributed by atoms with Gasteiger partial charge in [0, 0.05) is 36.1 Å². The molecular formula is C30H33ClN10O2. The van der Waals surface area contributed by atoms with E-state index in [2.05, 4.69) is 25.7 Å². The number of aromatic nitrogens is 8. The van der Waals surface area contributed by atoms with Crippen LogP contribution in [0.3, 0.4) is 0 Å². The number of imidazole rings is 1. The number of amides is 1. The average Bonchev–Trinajstić information content (AvgIpc) is 3.57. The van der Waals surface area contributed by atoms with Gasteiger partial charge in [0.05, 0.1) is 35.3 Å². The maximum atomic E-state index is 13.9. The van der Waals surface area contributed by atoms with Crippen LogP contribution in [0.25, 0.3) is 28.1 Å². The first kappa shape index (κ1) is 24.2. The molecule has 1 atom stereocenters. The number of halogens is 1. The minimum absolute atomic E-state index is 0.00261. The molecule has 2 fully saturated rings. The molecule has 1 aromatic carbocycles. The van der Waals surface area contributed by atoms with Crippen molar-refractivity contribution < 1.29 is 8.91 Å². The molecule has 1 aliphatic carbocycles. The van der Waals surface area contributed by atoms with Gasteiger partial charge in [0.25, 0.3) is 5.56 Å². The summed E-state index contributed by atoms with van der Waals surface area (Å²) in [6, 6.07) is 6.90. The third-order valence-corrected chi connectivity index (χ3v) is 8.80. The summed E-state index contributed by atoms with van der Waals surface area (Å²) in [7, 11) is 1.78. The second-order valence-electron chi connectivity index (χ2n) is 11.6. The van der Waals surface area contributed by atoms with E-state index in [1.807, 2.05) is 35.3 Å². The third kappa shape index (κ3) is 4.83. The highest BCUT2D eigenvalue weighted by molar-refractivity contribution is 6.29. The topological polar surface area (TPSA) is 128 Å². The van der Waals surface area contributed by atoms with Gasteiger partial charge in [0.2, 0.25) is 11.7 Å². The van der Waals surface area contributed by atoms with Crippen molar-refractivity contribution in [2.45, 2.75) is 51.5 Å². The van der Waals surface area contributed by atoms with Crippen LogP contribution in [0.15, 0.2) is 35.4 Å². The Labute approximate surface area is 256 Å². The quantitative estimate of drug-likeness (QED) is 0.288. The second-order valence-corrected chi connectivity index (χ2v) is 12.0. The minimum Gasteiger partial charge on any atom is -0.377 e. The molecule has 222 valence electrons. The van der Waals surface area contributed by atoms with Crippen LogP contribution in [0.1, 0.15) is 65.5 Å². The Bertz CT molecular complexity index is 2060. The number of likely N-dealkylation sites (tertiary alicyclic amines) is 1. The number of tetrazole rings is 1. The van der Waals surface area contributed by atoms with Crippen LogP contribution in [-0.2, 0) is 18.8 Å². The molecule has 1 aliphatic heterocycles. The Hall–Kier alpha value is -4.32. The molecule has 13 heteroatoms. The van der Waals surface area contributed by atoms with Gasteiger partial charge in [0.1, 0.15) is 22.8 Å². The van der Waals surface area contributed by atoms with Gasteiger partial charge in [-0.05, 0) is 74.1 Å². The molecular weight excluding hydrogens is 568 g/mol. The first-order valence-electron chi connectivity index (χ1n) is 15.9. The zero-order valence-corrected chi connectivity index (χ0v) is 24.8. The van der Waals surface area contributed by atoms with Crippen molar-refractivity contribution in [3.05, 3.63) is 62.9 Å². The average molecular weight is 604 g/mol. The van der Waals surface area contributed by atoms with Crippen molar-refractivity contribution in [1.82, 2.24) is 44.0 Å². The summed E-state index contributed by atoms with van der Waals surface area (Å²) in [5.74, 6) is 0.598. The highest BCUT2D eigenvalue weighted by Gasteiger charge is 2.36. The number of nitrogens with one attached hydrogen (secondary N) is 1. The summed E-state index contributed by atoms with van der Waals surface area (Å²) in [5, 5.41) is 15.8. The maximum Gasteiger partial charge on any atom is 0.261 e. The second kappa shape index (κ2) is 10.4. The fourth-order valence-corrected chi connectivity index (χ4v) is 6.44. The molecule has 0 radical (unpaired) electrons. The summed E-state index contributed by atoms with van der Waals surface area (Å²) in [5.41, 5.74) is 4.73. The third-order valence-electron chi connectivity index (χ3n) is 8.59. The van der Waals surface area contributed by atoms with Gasteiger partial charge in [0.15, 0.2) is 0 Å². The number of anilines is 1. The smallest absolute Gasteiger partial charge is 0.261 e. The van der Waals surface area contributed by atoms with Crippen LogP contribution in [0.4, 0.5) is 5.69 Å². The van der Waals surface area contributed by atoms with Crippen LogP contribution >= 0.6 is 11.6 Å². The molecule has 0 spiro atoms. The predicted octanol–water partition coefficient (Wildman–Crippen LogP) is 4.02. The van der Waals surface area contributed by atoms with Crippen LogP contribution < -0.4 is 10.9 Å². The van der Waals surface area contributed by atoms with Gasteiger partial charge in [-0.25, -0.2) is 9.97 Å². The lowest BCUT2D eigenvalue weighted by molar-refractivity contribution is -0.133. The lowest BCUT2D eigenvalue weighted by Crippen LogP contribution is -2.39. The molecule has 4 aromatic heterocycles. The SMILES string of the molecule is [2H]C([2H])([2H])n1nnc(-c2nc(Cl)ccc2NC(C)c2cc(C)cc3c(=O)n(C)c4c(C5CCN(C(=O)C6CC6)CC5)ncn4c23)n1. The monoisotopic (exact) mass is 603 g/mol. The van der Waals surface area contributed by atoms with Crippen LogP contribution in [0.5, 0.6) is 0 Å². The zero-order chi connectivity index (χ0) is 32.5. The zero-order valence-electron chi connectivity index (χ0n) is 27.1. The number of pyridine rings is 1. The Morgan fingerprint density at radius 2 is 1.98 bits per heavy atom. The van der Waals surface area contributed by atoms with E-state index in [9.17, 15) is 9.59 Å². The molecule has 0 bridgehead atoms. The number of aryl methyl sites for hydroxylation is 3. The first-order chi connectivity index (χ1) is 21.9. The van der Waals surface area contributed by atoms with Crippen LogP contribution in [0, 0.1) is 12.8 Å². The summed E-state index contributed by atoms with van der Waals surface area (Å²) in [6.45, 7) is 2.70. The van der Waals surface area contributed by atoms with Gasteiger partial charge >= 0.3 is 0 Å². The number of carbonyl (C=O) groups excluding carboxylic acids is 1. The lowest BCUT2D eigenvalue weighted by atomic mass is 9.93. The van der Waals surface area contributed by atoms with Crippen molar-refractivity contribution in [1.29, 1.82) is 0 Å². The summed E-state index contributed by atoms with van der Waals surface area (Å²) < 4.78 is 26.5. The van der Waals surface area contributed by atoms with Gasteiger partial charge in [-0.15, -0.1) is 10.2 Å². The highest BCUT2D eigenvalue weighted by atomic mass is 35.5. The number of fused-ring (bicyclic) bond motifs is 3. The molecule has 1 N–H and O–H groups in total. The Balaban J connectivity index is 1.27. The van der Waals surface area contributed by atoms with Gasteiger partial charge in [-0.1, -0.05) is 17.7 Å². The van der Waals surface area contributed by atoms with E-state index in [1.165, 1.54) is 0 Å². The number of hydrogen-bond acceptors (Lipinski definition) is 8. The van der Waals surface area contributed by atoms with E-state index in [1.54, 1.807) is 30.1 Å². The molecule has 5 aromatic rings. The Kier molecular flexibility index (Phi) is 5.87. The van der Waals surface area contributed by atoms with Gasteiger partial charge in [-0.3, -0.25) is 18.6 Å². The summed E-state index contributed by atoms with van der Waals surface area (Å²) in [4.78, 5) is 38.3. The number of carbonyl (C=O) groups is 1. The standard InChI is InChI=1S/C30H33ClN10O2/c1-16-13-20(17(2)33-22-7-8-23(31)34-25(22)27-35-37-39(4)36-27)26-21(14-16)30(43)38(3)28-24(32-15-41(26)28)18-9-11-40(12-10-18)29(42)19-5-6-19/h7-8,13-15,17-19,33H,5-6,9-12H2,1-4H3/i4D3. The molecule has 1 unspecified atom stereocenters. The van der Waals surface area contributed by atoms with E-state index in [-0.39, 0.29) is 46.0 Å². The predicted molar refractivity (Wildman–Crippen MR) is 163 cm³/mol. The summed E-state index contributed by atoms with van der Waals surface area (Å²) in [6.07, 6.45) is 5.36. The number of rotatable bonds is 6. The van der Waals surface area contributed by atoms with Gasteiger partial charge < -0.3 is 10.2 Å². The number of piperidine rings is 1. The van der Waals surface area contributed by atoms with Crippen LogP contribution in [-0.4, -0.2) is 63.0 Å². The van der Waals surface area contributed by atoms with Crippen LogP contribution in [0.2, 0.25) is 5.15 Å². The summed E-state index contributed by atoms with van der Waals surface area (Å²) >= 11 is 6.22. The van der Waals surface area contributed by atoms with Gasteiger partial charge in [-0.2, -0.15) is 4.80 Å². The van der Waals surface area contributed by atoms with E-state index >= 15 is 0 Å². The molecule has 43 heavy (non-hydrogen) atoms. The first-order valence-corrected chi connectivity index (χ1v) is 14.8. The highest BCUT2D eigenvalue weighted by Crippen LogP contribution is 2.36. The fourth-order valence-electron chi connectivity index (χ4n) is 6.29. The van der Waals surface area contributed by atoms with Crippen molar-refractivity contribution in [3.8, 4) is 11.5 Å². The molecule has 12 nitrogen and oxygen atoms in total. The van der Waals surface area contributed by atoms with E-state index in [0.29, 0.717) is 29.0 Å². The molecule has 1 saturated carbocycles. The Morgan fingerprint density at radius 3 is 2.70 bits per heavy atom. The molecule has 1 saturated heterocycles. The van der Waals surface area contributed by atoms with Crippen molar-refractivity contribution in [2.24, 2.45) is 19.9 Å². The van der Waals surface area contributed by atoms with E-state index < -0.39 is 6.98 Å². The molecule has 1 amide bonds. The molecule has 5 heterocycles. The Morgan fingerprint density at radius 1 is 1.19 bits per heavy atom. The van der Waals surface area contributed by atoms with Crippen molar-refractivity contribution in [2.75, 3.05) is 18.4 Å². The fraction of sp³-hybridized carbons (Fsp3) is 0.433. The normalized spacial score (nSPS) is 18.0. The molecule has 2 aliphatic rings. The minimum atomic E-state index is -2.60. The largest absolute Gasteiger partial charge is 0.377 e. The van der Waals surface area contributed by atoms with Crippen molar-refractivity contribution in [3.63, 3.8) is 0 Å². The lowest BCUT2D eigenvalue weighted by Gasteiger charge is -2.31. The van der Waals surface area contributed by atoms with Crippen molar-refractivity contribution >= 4 is 39.7 Å². The van der Waals surface area contributed by atoms with E-state index in [0.717, 1.165) is 53.7 Å². The number of benzene rings is 1.